The second-order valence-electron chi connectivity index (χ2n) is 4.68. The lowest BCUT2D eigenvalue weighted by Crippen LogP contribution is -2.48. The molecule has 2 amide bonds. The number of anilines is 1. The van der Waals surface area contributed by atoms with Crippen molar-refractivity contribution in [1.82, 2.24) is 10.3 Å². The van der Waals surface area contributed by atoms with E-state index in [9.17, 15) is 9.59 Å². The molecule has 1 aromatic rings. The predicted octanol–water partition coefficient (Wildman–Crippen LogP) is 1.08. The number of carbonyl (C=O) groups excluding carboxylic acids is 1. The fourth-order valence-corrected chi connectivity index (χ4v) is 1.80. The molecule has 1 fully saturated rings. The largest absolute Gasteiger partial charge is 0.477 e. The van der Waals surface area contributed by atoms with Crippen LogP contribution >= 0.6 is 0 Å². The van der Waals surface area contributed by atoms with E-state index in [4.69, 9.17) is 9.84 Å². The van der Waals surface area contributed by atoms with Crippen LogP contribution in [-0.2, 0) is 4.74 Å². The topological polar surface area (TPSA) is 101 Å². The summed E-state index contributed by atoms with van der Waals surface area (Å²) in [5.41, 5.74) is 0.00513. The lowest BCUT2D eigenvalue weighted by Gasteiger charge is -2.23. The van der Waals surface area contributed by atoms with Gasteiger partial charge in [-0.05, 0) is 25.5 Å². The van der Waals surface area contributed by atoms with E-state index in [1.165, 1.54) is 18.3 Å². The summed E-state index contributed by atoms with van der Waals surface area (Å²) in [4.78, 5) is 26.1. The summed E-state index contributed by atoms with van der Waals surface area (Å²) < 4.78 is 5.23. The Labute approximate surface area is 110 Å². The molecule has 0 radical (unpaired) electrons. The number of amides is 2. The summed E-state index contributed by atoms with van der Waals surface area (Å²) >= 11 is 0. The van der Waals surface area contributed by atoms with Crippen molar-refractivity contribution in [2.75, 3.05) is 18.5 Å². The minimum absolute atomic E-state index is 0.0675. The molecule has 0 aliphatic carbocycles. The summed E-state index contributed by atoms with van der Waals surface area (Å²) in [5.74, 6) is -1.10. The highest BCUT2D eigenvalue weighted by Gasteiger charge is 2.31. The molecular weight excluding hydrogens is 250 g/mol. The lowest BCUT2D eigenvalue weighted by molar-refractivity contribution is 0.0690. The van der Waals surface area contributed by atoms with E-state index < -0.39 is 5.97 Å². The van der Waals surface area contributed by atoms with Crippen LogP contribution in [0.3, 0.4) is 0 Å². The monoisotopic (exact) mass is 265 g/mol. The molecule has 2 rings (SSSR count). The number of pyridine rings is 1. The van der Waals surface area contributed by atoms with Crippen LogP contribution in [0.4, 0.5) is 10.5 Å². The highest BCUT2D eigenvalue weighted by Crippen LogP contribution is 2.17. The van der Waals surface area contributed by atoms with Crippen molar-refractivity contribution < 1.29 is 19.4 Å². The average molecular weight is 265 g/mol. The molecule has 0 bridgehead atoms. The maximum atomic E-state index is 11.8. The highest BCUT2D eigenvalue weighted by atomic mass is 16.5. The second-order valence-corrected chi connectivity index (χ2v) is 4.68. The van der Waals surface area contributed by atoms with Crippen LogP contribution in [-0.4, -0.2) is 40.8 Å². The number of nitrogens with one attached hydrogen (secondary N) is 2. The van der Waals surface area contributed by atoms with Crippen LogP contribution in [0, 0.1) is 0 Å². The first-order valence-electron chi connectivity index (χ1n) is 5.85. The Morgan fingerprint density at radius 2 is 2.26 bits per heavy atom. The van der Waals surface area contributed by atoms with Crippen LogP contribution in [0.25, 0.3) is 0 Å². The fraction of sp³-hybridized carbons (Fsp3) is 0.417. The van der Waals surface area contributed by atoms with Crippen molar-refractivity contribution >= 4 is 17.7 Å². The van der Waals surface area contributed by atoms with Gasteiger partial charge in [-0.15, -0.1) is 0 Å². The number of hydrogen-bond donors (Lipinski definition) is 3. The standard InChI is InChI=1S/C12H15N3O4/c1-12(4-5-19-7-12)15-11(18)14-8-2-3-9(10(16)17)13-6-8/h2-3,6H,4-5,7H2,1H3,(H,16,17)(H2,14,15,18). The van der Waals surface area contributed by atoms with E-state index in [-0.39, 0.29) is 17.3 Å². The van der Waals surface area contributed by atoms with Crippen LogP contribution in [0.5, 0.6) is 0 Å². The van der Waals surface area contributed by atoms with Gasteiger partial charge in [-0.25, -0.2) is 14.6 Å². The molecule has 2 heterocycles. The van der Waals surface area contributed by atoms with Crippen molar-refractivity contribution in [3.63, 3.8) is 0 Å². The molecule has 1 saturated heterocycles. The Morgan fingerprint density at radius 1 is 1.47 bits per heavy atom. The van der Waals surface area contributed by atoms with E-state index in [1.54, 1.807) is 0 Å². The number of carboxylic acids is 1. The van der Waals surface area contributed by atoms with Gasteiger partial charge in [0.05, 0.1) is 24.0 Å². The number of ether oxygens (including phenoxy) is 1. The van der Waals surface area contributed by atoms with Crippen LogP contribution < -0.4 is 10.6 Å². The summed E-state index contributed by atoms with van der Waals surface area (Å²) in [6.45, 7) is 3.02. The molecule has 1 aromatic heterocycles. The summed E-state index contributed by atoms with van der Waals surface area (Å²) in [6.07, 6.45) is 2.06. The molecule has 0 saturated carbocycles. The number of carboxylic acid groups (broad SMARTS) is 1. The molecule has 1 atom stereocenters. The molecular formula is C12H15N3O4. The Morgan fingerprint density at radius 3 is 2.79 bits per heavy atom. The van der Waals surface area contributed by atoms with Gasteiger partial charge in [0.15, 0.2) is 0 Å². The third-order valence-corrected chi connectivity index (χ3v) is 2.87. The zero-order chi connectivity index (χ0) is 13.9. The lowest BCUT2D eigenvalue weighted by atomic mass is 10.0. The van der Waals surface area contributed by atoms with Gasteiger partial charge in [-0.1, -0.05) is 0 Å². The number of nitrogens with zero attached hydrogens (tertiary/aromatic N) is 1. The first kappa shape index (κ1) is 13.3. The van der Waals surface area contributed by atoms with Gasteiger partial charge in [0, 0.05) is 6.61 Å². The Kier molecular flexibility index (Phi) is 3.66. The summed E-state index contributed by atoms with van der Waals surface area (Å²) in [7, 11) is 0. The van der Waals surface area contributed by atoms with Crippen molar-refractivity contribution in [2.24, 2.45) is 0 Å². The van der Waals surface area contributed by atoms with Crippen LogP contribution in [0.15, 0.2) is 18.3 Å². The zero-order valence-electron chi connectivity index (χ0n) is 10.5. The number of rotatable bonds is 3. The Bertz CT molecular complexity index is 480. The molecule has 1 aliphatic heterocycles. The SMILES string of the molecule is CC1(NC(=O)Nc2ccc(C(=O)O)nc2)CCOC1. The molecule has 3 N–H and O–H groups in total. The van der Waals surface area contributed by atoms with Crippen molar-refractivity contribution in [1.29, 1.82) is 0 Å². The van der Waals surface area contributed by atoms with Gasteiger partial charge in [-0.2, -0.15) is 0 Å². The van der Waals surface area contributed by atoms with E-state index in [2.05, 4.69) is 15.6 Å². The van der Waals surface area contributed by atoms with Gasteiger partial charge < -0.3 is 20.5 Å². The molecule has 0 aromatic carbocycles. The fourth-order valence-electron chi connectivity index (χ4n) is 1.80. The zero-order valence-corrected chi connectivity index (χ0v) is 10.5. The van der Waals surface area contributed by atoms with Crippen molar-refractivity contribution in [3.05, 3.63) is 24.0 Å². The number of urea groups is 1. The van der Waals surface area contributed by atoms with Gasteiger partial charge >= 0.3 is 12.0 Å². The van der Waals surface area contributed by atoms with E-state index >= 15 is 0 Å². The van der Waals surface area contributed by atoms with Gasteiger partial charge in [0.1, 0.15) is 5.69 Å². The number of aromatic carboxylic acids is 1. The molecule has 19 heavy (non-hydrogen) atoms. The first-order chi connectivity index (χ1) is 8.98. The molecule has 102 valence electrons. The average Bonchev–Trinajstić information content (AvgIpc) is 2.76. The summed E-state index contributed by atoms with van der Waals surface area (Å²) in [6, 6.07) is 2.46. The molecule has 1 unspecified atom stereocenters. The third-order valence-electron chi connectivity index (χ3n) is 2.87. The van der Waals surface area contributed by atoms with Gasteiger partial charge in [0.2, 0.25) is 0 Å². The number of carbonyl (C=O) groups is 2. The third kappa shape index (κ3) is 3.41. The second kappa shape index (κ2) is 5.23. The molecule has 7 heteroatoms. The van der Waals surface area contributed by atoms with E-state index in [0.29, 0.717) is 18.9 Å². The quantitative estimate of drug-likeness (QED) is 0.759. The summed E-state index contributed by atoms with van der Waals surface area (Å²) in [5, 5.41) is 14.1. The molecule has 7 nitrogen and oxygen atoms in total. The van der Waals surface area contributed by atoms with Crippen LogP contribution in [0.2, 0.25) is 0 Å². The maximum Gasteiger partial charge on any atom is 0.354 e. The highest BCUT2D eigenvalue weighted by molar-refractivity contribution is 5.90. The number of hydrogen-bond acceptors (Lipinski definition) is 4. The Balaban J connectivity index is 1.93. The Hall–Kier alpha value is -2.15. The molecule has 0 spiro atoms. The van der Waals surface area contributed by atoms with Crippen molar-refractivity contribution in [2.45, 2.75) is 18.9 Å². The maximum absolute atomic E-state index is 11.8. The first-order valence-corrected chi connectivity index (χ1v) is 5.85. The van der Waals surface area contributed by atoms with Crippen LogP contribution in [0.1, 0.15) is 23.8 Å². The minimum Gasteiger partial charge on any atom is -0.477 e. The van der Waals surface area contributed by atoms with Gasteiger partial charge in [0.25, 0.3) is 0 Å². The minimum atomic E-state index is -1.10. The van der Waals surface area contributed by atoms with Crippen molar-refractivity contribution in [3.8, 4) is 0 Å². The predicted molar refractivity (Wildman–Crippen MR) is 67.2 cm³/mol. The molecule has 1 aliphatic rings. The van der Waals surface area contributed by atoms with E-state index in [1.807, 2.05) is 6.92 Å². The number of aromatic nitrogens is 1. The van der Waals surface area contributed by atoms with Gasteiger partial charge in [-0.3, -0.25) is 0 Å². The van der Waals surface area contributed by atoms with E-state index in [0.717, 1.165) is 6.42 Å². The smallest absolute Gasteiger partial charge is 0.354 e. The normalized spacial score (nSPS) is 21.9.